The number of hydrogen-bond acceptors (Lipinski definition) is 6. The summed E-state index contributed by atoms with van der Waals surface area (Å²) < 4.78 is 5.63. The van der Waals surface area contributed by atoms with Crippen molar-refractivity contribution in [3.05, 3.63) is 5.56 Å². The lowest BCUT2D eigenvalue weighted by Gasteiger charge is -2.32. The fourth-order valence-corrected chi connectivity index (χ4v) is 4.59. The summed E-state index contributed by atoms with van der Waals surface area (Å²) in [6.07, 6.45) is 12.3. The predicted molar refractivity (Wildman–Crippen MR) is 125 cm³/mol. The van der Waals surface area contributed by atoms with Crippen LogP contribution in [0.25, 0.3) is 0 Å². The average Bonchev–Trinajstić information content (AvgIpc) is 3.09. The maximum absolute atomic E-state index is 12.5. The molecule has 0 saturated carbocycles. The molecule has 0 radical (unpaired) electrons. The molecule has 1 aromatic rings. The van der Waals surface area contributed by atoms with Gasteiger partial charge in [-0.05, 0) is 57.7 Å². The van der Waals surface area contributed by atoms with Crippen molar-refractivity contribution in [1.82, 2.24) is 14.9 Å². The van der Waals surface area contributed by atoms with Crippen molar-refractivity contribution in [3.8, 4) is 6.01 Å². The highest BCUT2D eigenvalue weighted by molar-refractivity contribution is 6.01. The van der Waals surface area contributed by atoms with Gasteiger partial charge in [-0.1, -0.05) is 46.0 Å². The second-order valence-electron chi connectivity index (χ2n) is 9.11. The van der Waals surface area contributed by atoms with E-state index in [1.54, 1.807) is 4.90 Å². The summed E-state index contributed by atoms with van der Waals surface area (Å²) in [5.41, 5.74) is 6.84. The van der Waals surface area contributed by atoms with E-state index < -0.39 is 0 Å². The minimum Gasteiger partial charge on any atom is -0.463 e. The van der Waals surface area contributed by atoms with E-state index in [1.807, 2.05) is 0 Å². The second-order valence-corrected chi connectivity index (χ2v) is 9.11. The Hall–Kier alpha value is -1.89. The van der Waals surface area contributed by atoms with Crippen molar-refractivity contribution in [1.29, 1.82) is 0 Å². The number of nitrogen functional groups attached to an aromatic ring is 1. The maximum Gasteiger partial charge on any atom is 0.320 e. The van der Waals surface area contributed by atoms with Gasteiger partial charge in [-0.2, -0.15) is 9.97 Å². The number of anilines is 2. The van der Waals surface area contributed by atoms with Crippen molar-refractivity contribution in [2.75, 3.05) is 43.4 Å². The molecule has 174 valence electrons. The lowest BCUT2D eigenvalue weighted by atomic mass is 9.91. The molecule has 1 saturated heterocycles. The van der Waals surface area contributed by atoms with Gasteiger partial charge in [-0.25, -0.2) is 0 Å². The van der Waals surface area contributed by atoms with Gasteiger partial charge >= 0.3 is 6.01 Å². The molecule has 0 atom stereocenters. The van der Waals surface area contributed by atoms with E-state index in [0.29, 0.717) is 31.2 Å². The van der Waals surface area contributed by atoms with E-state index in [9.17, 15) is 4.79 Å². The zero-order valence-electron chi connectivity index (χ0n) is 19.6. The molecule has 7 heteroatoms. The topological polar surface area (TPSA) is 84.6 Å². The summed E-state index contributed by atoms with van der Waals surface area (Å²) in [6.45, 7) is 9.46. The minimum atomic E-state index is 0.0705. The number of aromatic nitrogens is 2. The zero-order valence-corrected chi connectivity index (χ0v) is 19.6. The van der Waals surface area contributed by atoms with Crippen LogP contribution in [-0.4, -0.2) is 53.6 Å². The molecule has 1 aromatic heterocycles. The fourth-order valence-electron chi connectivity index (χ4n) is 4.59. The molecule has 0 aromatic carbocycles. The summed E-state index contributed by atoms with van der Waals surface area (Å²) in [5.74, 6) is 1.98. The van der Waals surface area contributed by atoms with Crippen LogP contribution in [0.1, 0.15) is 83.6 Å². The highest BCUT2D eigenvalue weighted by Crippen LogP contribution is 2.32. The molecule has 0 spiro atoms. The molecule has 0 aliphatic carbocycles. The Morgan fingerprint density at radius 1 is 1.00 bits per heavy atom. The molecule has 31 heavy (non-hydrogen) atoms. The summed E-state index contributed by atoms with van der Waals surface area (Å²) in [5, 5.41) is 0. The Bertz CT molecular complexity index is 703. The number of unbranched alkanes of at least 4 members (excludes halogenated alkanes) is 4. The highest BCUT2D eigenvalue weighted by Gasteiger charge is 2.31. The Kier molecular flexibility index (Phi) is 9.37. The van der Waals surface area contributed by atoms with Gasteiger partial charge in [-0.3, -0.25) is 9.69 Å². The van der Waals surface area contributed by atoms with Gasteiger partial charge in [0.25, 0.3) is 0 Å². The number of rotatable bonds is 13. The summed E-state index contributed by atoms with van der Waals surface area (Å²) in [7, 11) is 0. The molecule has 1 amide bonds. The van der Waals surface area contributed by atoms with Crippen molar-refractivity contribution < 1.29 is 9.53 Å². The molecule has 3 rings (SSSR count). The molecule has 2 N–H and O–H groups in total. The Morgan fingerprint density at radius 3 is 2.52 bits per heavy atom. The SMILES string of the molecule is CCCCOc1nc(N)c2c(n1)N(CCCCCC1CCN(CCCC)CC1)C(=O)C2. The Morgan fingerprint density at radius 2 is 1.77 bits per heavy atom. The molecule has 2 aliphatic rings. The van der Waals surface area contributed by atoms with Crippen LogP contribution in [-0.2, 0) is 11.2 Å². The van der Waals surface area contributed by atoms with E-state index in [1.165, 1.54) is 58.2 Å². The number of carbonyl (C=O) groups is 1. The number of carbonyl (C=O) groups excluding carboxylic acids is 1. The smallest absolute Gasteiger partial charge is 0.320 e. The van der Waals surface area contributed by atoms with Crippen molar-refractivity contribution in [3.63, 3.8) is 0 Å². The van der Waals surface area contributed by atoms with E-state index in [4.69, 9.17) is 10.5 Å². The zero-order chi connectivity index (χ0) is 22.1. The average molecular weight is 432 g/mol. The Balaban J connectivity index is 1.40. The third-order valence-corrected chi connectivity index (χ3v) is 6.64. The monoisotopic (exact) mass is 431 g/mol. The van der Waals surface area contributed by atoms with Crippen LogP contribution < -0.4 is 15.4 Å². The number of fused-ring (bicyclic) bond motifs is 1. The third-order valence-electron chi connectivity index (χ3n) is 6.64. The van der Waals surface area contributed by atoms with Gasteiger partial charge in [-0.15, -0.1) is 0 Å². The molecule has 0 bridgehead atoms. The van der Waals surface area contributed by atoms with E-state index >= 15 is 0 Å². The molecular weight excluding hydrogens is 390 g/mol. The van der Waals surface area contributed by atoms with Gasteiger partial charge in [0, 0.05) is 12.1 Å². The first-order chi connectivity index (χ1) is 15.1. The van der Waals surface area contributed by atoms with Crippen molar-refractivity contribution >= 4 is 17.5 Å². The van der Waals surface area contributed by atoms with Crippen LogP contribution in [0.2, 0.25) is 0 Å². The number of nitrogens with two attached hydrogens (primary N) is 1. The van der Waals surface area contributed by atoms with Gasteiger partial charge in [0.1, 0.15) is 11.6 Å². The molecule has 3 heterocycles. The van der Waals surface area contributed by atoms with Gasteiger partial charge in [0.15, 0.2) is 0 Å². The number of piperidine rings is 1. The van der Waals surface area contributed by atoms with Gasteiger partial charge < -0.3 is 15.4 Å². The highest BCUT2D eigenvalue weighted by atomic mass is 16.5. The number of likely N-dealkylation sites (tertiary alicyclic amines) is 1. The summed E-state index contributed by atoms with van der Waals surface area (Å²) in [6, 6.07) is 0.287. The van der Waals surface area contributed by atoms with Crippen molar-refractivity contribution in [2.24, 2.45) is 5.92 Å². The van der Waals surface area contributed by atoms with Crippen LogP contribution in [0.5, 0.6) is 6.01 Å². The lowest BCUT2D eigenvalue weighted by molar-refractivity contribution is -0.117. The molecule has 7 nitrogen and oxygen atoms in total. The number of hydrogen-bond donors (Lipinski definition) is 1. The number of amides is 1. The molecule has 0 unspecified atom stereocenters. The summed E-state index contributed by atoms with van der Waals surface area (Å²) >= 11 is 0. The van der Waals surface area contributed by atoms with Crippen LogP contribution in [0.4, 0.5) is 11.6 Å². The fraction of sp³-hybridized carbons (Fsp3) is 0.792. The Labute approximate surface area is 187 Å². The van der Waals surface area contributed by atoms with Gasteiger partial charge in [0.2, 0.25) is 5.91 Å². The quantitative estimate of drug-likeness (QED) is 0.471. The third kappa shape index (κ3) is 6.79. The first-order valence-corrected chi connectivity index (χ1v) is 12.4. The van der Waals surface area contributed by atoms with Crippen LogP contribution in [0.15, 0.2) is 0 Å². The summed E-state index contributed by atoms with van der Waals surface area (Å²) in [4.78, 5) is 25.7. The largest absolute Gasteiger partial charge is 0.463 e. The number of nitrogens with zero attached hydrogens (tertiary/aromatic N) is 4. The van der Waals surface area contributed by atoms with Crippen LogP contribution in [0.3, 0.4) is 0 Å². The number of ether oxygens (including phenoxy) is 1. The molecule has 1 fully saturated rings. The van der Waals surface area contributed by atoms with E-state index in [2.05, 4.69) is 28.7 Å². The van der Waals surface area contributed by atoms with Gasteiger partial charge in [0.05, 0.1) is 13.0 Å². The van der Waals surface area contributed by atoms with Crippen molar-refractivity contribution in [2.45, 2.75) is 84.5 Å². The molecular formula is C24H41N5O2. The first-order valence-electron chi connectivity index (χ1n) is 12.4. The van der Waals surface area contributed by atoms with E-state index in [0.717, 1.165) is 37.2 Å². The first kappa shape index (κ1) is 23.8. The maximum atomic E-state index is 12.5. The van der Waals surface area contributed by atoms with Crippen LogP contribution in [0, 0.1) is 5.92 Å². The lowest BCUT2D eigenvalue weighted by Crippen LogP contribution is -2.34. The minimum absolute atomic E-state index is 0.0705. The van der Waals surface area contributed by atoms with Crippen LogP contribution >= 0.6 is 0 Å². The normalized spacial score (nSPS) is 17.4. The van der Waals surface area contributed by atoms with E-state index in [-0.39, 0.29) is 11.9 Å². The molecule has 2 aliphatic heterocycles. The second kappa shape index (κ2) is 12.2. The standard InChI is InChI=1S/C24H41N5O2/c1-3-5-13-28-15-11-19(12-16-28)10-8-7-9-14-29-21(30)18-20-22(25)26-24(27-23(20)29)31-17-6-4-2/h19H,3-18H2,1-2H3,(H2,25,26,27). The predicted octanol–water partition coefficient (Wildman–Crippen LogP) is 4.20.